The van der Waals surface area contributed by atoms with Gasteiger partial charge in [-0.3, -0.25) is 4.79 Å². The second-order valence-electron chi connectivity index (χ2n) is 4.59. The average Bonchev–Trinajstić information content (AvgIpc) is 2.80. The molecule has 0 aromatic rings. The van der Waals surface area contributed by atoms with Crippen molar-refractivity contribution in [2.45, 2.75) is 24.8 Å². The number of hydrogen-bond acceptors (Lipinski definition) is 4. The third kappa shape index (κ3) is 2.74. The number of carboxylic acids is 1. The van der Waals surface area contributed by atoms with Crippen molar-refractivity contribution in [1.82, 2.24) is 5.32 Å². The number of carboxylic acid groups (broad SMARTS) is 1. The van der Waals surface area contributed by atoms with Crippen LogP contribution in [0.3, 0.4) is 0 Å². The minimum atomic E-state index is -1.06. The normalized spacial score (nSPS) is 33.3. The lowest BCUT2D eigenvalue weighted by Crippen LogP contribution is -2.56. The maximum atomic E-state index is 12.0. The van der Waals surface area contributed by atoms with E-state index in [-0.39, 0.29) is 11.8 Å². The molecule has 2 N–H and O–H groups in total. The molecule has 2 heterocycles. The molecule has 5 nitrogen and oxygen atoms in total. The number of thioether (sulfide) groups is 1. The molecule has 17 heavy (non-hydrogen) atoms. The number of ether oxygens (including phenoxy) is 1. The fourth-order valence-electron chi connectivity index (χ4n) is 2.17. The topological polar surface area (TPSA) is 75.6 Å². The molecule has 0 radical (unpaired) electrons. The van der Waals surface area contributed by atoms with E-state index in [4.69, 9.17) is 4.74 Å². The maximum absolute atomic E-state index is 12.0. The number of rotatable bonds is 3. The Morgan fingerprint density at radius 3 is 2.82 bits per heavy atom. The zero-order valence-corrected chi connectivity index (χ0v) is 10.4. The standard InChI is InChI=1S/C11H17NO4S/c13-9(8-2-1-4-16-6-8)12-11(10(14)15)3-5-17-7-11/h8H,1-7H2,(H,12,13)(H,14,15). The number of carbonyl (C=O) groups is 2. The van der Waals surface area contributed by atoms with E-state index in [1.807, 2.05) is 0 Å². The van der Waals surface area contributed by atoms with Crippen molar-refractivity contribution in [1.29, 1.82) is 0 Å². The molecule has 2 aliphatic rings. The number of carbonyl (C=O) groups excluding carboxylic acids is 1. The molecular weight excluding hydrogens is 242 g/mol. The molecule has 2 aliphatic heterocycles. The van der Waals surface area contributed by atoms with Crippen LogP contribution < -0.4 is 5.32 Å². The summed E-state index contributed by atoms with van der Waals surface area (Å²) in [6.45, 7) is 1.11. The van der Waals surface area contributed by atoms with Gasteiger partial charge in [-0.05, 0) is 25.0 Å². The molecule has 0 aromatic carbocycles. The molecule has 2 fully saturated rings. The van der Waals surface area contributed by atoms with Crippen molar-refractivity contribution in [3.8, 4) is 0 Å². The molecule has 0 spiro atoms. The van der Waals surface area contributed by atoms with Crippen molar-refractivity contribution in [3.63, 3.8) is 0 Å². The Balaban J connectivity index is 1.98. The van der Waals surface area contributed by atoms with Gasteiger partial charge in [-0.25, -0.2) is 4.79 Å². The van der Waals surface area contributed by atoms with E-state index in [1.54, 1.807) is 11.8 Å². The molecule has 6 heteroatoms. The first-order chi connectivity index (χ1) is 8.14. The SMILES string of the molecule is O=C(NC1(C(=O)O)CCSC1)C1CCCOC1. The van der Waals surface area contributed by atoms with Gasteiger partial charge in [-0.2, -0.15) is 11.8 Å². The van der Waals surface area contributed by atoms with Gasteiger partial charge >= 0.3 is 5.97 Å². The Morgan fingerprint density at radius 2 is 2.29 bits per heavy atom. The van der Waals surface area contributed by atoms with E-state index in [9.17, 15) is 14.7 Å². The van der Waals surface area contributed by atoms with E-state index in [2.05, 4.69) is 5.32 Å². The van der Waals surface area contributed by atoms with Crippen molar-refractivity contribution < 1.29 is 19.4 Å². The quantitative estimate of drug-likeness (QED) is 0.771. The molecule has 0 aliphatic carbocycles. The molecule has 0 aromatic heterocycles. The van der Waals surface area contributed by atoms with E-state index in [0.717, 1.165) is 18.6 Å². The maximum Gasteiger partial charge on any atom is 0.330 e. The highest BCUT2D eigenvalue weighted by Crippen LogP contribution is 2.29. The lowest BCUT2D eigenvalue weighted by molar-refractivity contribution is -0.148. The first-order valence-corrected chi connectivity index (χ1v) is 7.00. The van der Waals surface area contributed by atoms with Crippen molar-refractivity contribution >= 4 is 23.6 Å². The molecule has 2 atom stereocenters. The van der Waals surface area contributed by atoms with Gasteiger partial charge in [-0.15, -0.1) is 0 Å². The minimum absolute atomic E-state index is 0.172. The summed E-state index contributed by atoms with van der Waals surface area (Å²) in [5, 5.41) is 12.0. The van der Waals surface area contributed by atoms with Crippen LogP contribution in [0.5, 0.6) is 0 Å². The molecule has 0 bridgehead atoms. The fraction of sp³-hybridized carbons (Fsp3) is 0.818. The lowest BCUT2D eigenvalue weighted by Gasteiger charge is -2.28. The zero-order chi connectivity index (χ0) is 12.3. The fourth-order valence-corrected chi connectivity index (χ4v) is 3.50. The molecule has 1 amide bonds. The van der Waals surface area contributed by atoms with Crippen LogP contribution >= 0.6 is 11.8 Å². The molecule has 2 saturated heterocycles. The van der Waals surface area contributed by atoms with Crippen LogP contribution in [-0.4, -0.2) is 47.2 Å². The molecule has 2 unspecified atom stereocenters. The monoisotopic (exact) mass is 259 g/mol. The summed E-state index contributed by atoms with van der Waals surface area (Å²) in [4.78, 5) is 23.3. The molecule has 96 valence electrons. The largest absolute Gasteiger partial charge is 0.479 e. The number of amides is 1. The Kier molecular flexibility index (Phi) is 3.93. The van der Waals surface area contributed by atoms with Gasteiger partial charge in [0.1, 0.15) is 5.54 Å². The zero-order valence-electron chi connectivity index (χ0n) is 9.61. The first-order valence-electron chi connectivity index (χ1n) is 5.85. The predicted octanol–water partition coefficient (Wildman–Crippen LogP) is 0.489. The summed E-state index contributed by atoms with van der Waals surface area (Å²) in [6, 6.07) is 0. The van der Waals surface area contributed by atoms with E-state index < -0.39 is 11.5 Å². The van der Waals surface area contributed by atoms with Crippen molar-refractivity contribution in [2.75, 3.05) is 24.7 Å². The van der Waals surface area contributed by atoms with Gasteiger partial charge in [0, 0.05) is 12.4 Å². The molecule has 0 saturated carbocycles. The summed E-state index contributed by atoms with van der Waals surface area (Å²) < 4.78 is 5.25. The first kappa shape index (κ1) is 12.7. The van der Waals surface area contributed by atoms with E-state index >= 15 is 0 Å². The predicted molar refractivity (Wildman–Crippen MR) is 64.0 cm³/mol. The van der Waals surface area contributed by atoms with Gasteiger partial charge < -0.3 is 15.2 Å². The van der Waals surface area contributed by atoms with E-state index in [0.29, 0.717) is 25.4 Å². The van der Waals surface area contributed by atoms with Crippen molar-refractivity contribution in [3.05, 3.63) is 0 Å². The van der Waals surface area contributed by atoms with Crippen LogP contribution in [0.2, 0.25) is 0 Å². The lowest BCUT2D eigenvalue weighted by atomic mass is 9.95. The average molecular weight is 259 g/mol. The van der Waals surface area contributed by atoms with Crippen LogP contribution in [0.25, 0.3) is 0 Å². The van der Waals surface area contributed by atoms with E-state index in [1.165, 1.54) is 0 Å². The van der Waals surface area contributed by atoms with Crippen LogP contribution in [-0.2, 0) is 14.3 Å². The summed E-state index contributed by atoms with van der Waals surface area (Å²) in [6.07, 6.45) is 2.16. The highest BCUT2D eigenvalue weighted by Gasteiger charge is 2.44. The third-order valence-corrected chi connectivity index (χ3v) is 4.51. The summed E-state index contributed by atoms with van der Waals surface area (Å²) in [7, 11) is 0. The number of hydrogen-bond donors (Lipinski definition) is 2. The number of nitrogens with one attached hydrogen (secondary N) is 1. The van der Waals surface area contributed by atoms with Gasteiger partial charge in [-0.1, -0.05) is 0 Å². The van der Waals surface area contributed by atoms with Crippen LogP contribution in [0.1, 0.15) is 19.3 Å². The van der Waals surface area contributed by atoms with Gasteiger partial charge in [0.05, 0.1) is 12.5 Å². The second-order valence-corrected chi connectivity index (χ2v) is 5.70. The smallest absolute Gasteiger partial charge is 0.330 e. The summed E-state index contributed by atoms with van der Waals surface area (Å²) in [5.74, 6) is -0.0391. The highest BCUT2D eigenvalue weighted by atomic mass is 32.2. The Morgan fingerprint density at radius 1 is 1.47 bits per heavy atom. The Hall–Kier alpha value is -0.750. The number of aliphatic carboxylic acids is 1. The van der Waals surface area contributed by atoms with Gasteiger partial charge in [0.15, 0.2) is 0 Å². The highest BCUT2D eigenvalue weighted by molar-refractivity contribution is 7.99. The Bertz CT molecular complexity index is 309. The third-order valence-electron chi connectivity index (χ3n) is 3.32. The van der Waals surface area contributed by atoms with Crippen molar-refractivity contribution in [2.24, 2.45) is 5.92 Å². The molecular formula is C11H17NO4S. The van der Waals surface area contributed by atoms with Gasteiger partial charge in [0.25, 0.3) is 0 Å². The van der Waals surface area contributed by atoms with Gasteiger partial charge in [0.2, 0.25) is 5.91 Å². The summed E-state index contributed by atoms with van der Waals surface area (Å²) in [5.41, 5.74) is -1.06. The van der Waals surface area contributed by atoms with Crippen LogP contribution in [0.15, 0.2) is 0 Å². The molecule has 2 rings (SSSR count). The van der Waals surface area contributed by atoms with Crippen LogP contribution in [0, 0.1) is 5.92 Å². The van der Waals surface area contributed by atoms with Crippen LogP contribution in [0.4, 0.5) is 0 Å². The second kappa shape index (κ2) is 5.27. The summed E-state index contributed by atoms with van der Waals surface area (Å²) >= 11 is 1.57. The Labute approximate surface area is 104 Å². The minimum Gasteiger partial charge on any atom is -0.479 e.